The molecule has 3 rings (SSSR count). The molecule has 0 aliphatic rings. The van der Waals surface area contributed by atoms with Crippen LogP contribution >= 0.6 is 11.3 Å². The van der Waals surface area contributed by atoms with Crippen LogP contribution in [0.4, 0.5) is 9.80 Å². The van der Waals surface area contributed by atoms with Crippen molar-refractivity contribution in [2.24, 2.45) is 0 Å². The van der Waals surface area contributed by atoms with Crippen molar-refractivity contribution in [1.29, 1.82) is 0 Å². The first kappa shape index (κ1) is 15.0. The van der Waals surface area contributed by atoms with E-state index in [9.17, 15) is 4.79 Å². The predicted octanol–water partition coefficient (Wildman–Crippen LogP) is 2.05. The number of ether oxygens (including phenoxy) is 1. The molecule has 0 atom stereocenters. The number of nitrogens with one attached hydrogen (secondary N) is 2. The van der Waals surface area contributed by atoms with Crippen LogP contribution in [0.1, 0.15) is 5.82 Å². The Hall–Kier alpha value is -2.94. The minimum Gasteiger partial charge on any atom is -0.497 e. The second-order valence-electron chi connectivity index (χ2n) is 4.49. The second-order valence-corrected chi connectivity index (χ2v) is 5.44. The Morgan fingerprint density at radius 3 is 2.83 bits per heavy atom. The van der Waals surface area contributed by atoms with Gasteiger partial charge in [-0.2, -0.15) is 4.68 Å². The van der Waals surface area contributed by atoms with Gasteiger partial charge in [0, 0.05) is 0 Å². The van der Waals surface area contributed by atoms with Crippen molar-refractivity contribution in [2.45, 2.75) is 6.54 Å². The van der Waals surface area contributed by atoms with Gasteiger partial charge in [-0.05, 0) is 52.2 Å². The third-order valence-corrected chi connectivity index (χ3v) is 3.80. The maximum Gasteiger partial charge on any atom is 0.320 e. The van der Waals surface area contributed by atoms with E-state index in [1.807, 2.05) is 41.8 Å². The maximum absolute atomic E-state index is 11.8. The fraction of sp³-hybridized carbons (Fsp3) is 0.143. The van der Waals surface area contributed by atoms with Gasteiger partial charge in [0.15, 0.2) is 5.82 Å². The first-order valence-electron chi connectivity index (χ1n) is 6.76. The summed E-state index contributed by atoms with van der Waals surface area (Å²) in [7, 11) is 1.60. The number of carbonyl (C=O) groups is 1. The molecule has 8 nitrogen and oxygen atoms in total. The van der Waals surface area contributed by atoms with Crippen LogP contribution in [0, 0.1) is 0 Å². The number of benzene rings is 1. The average Bonchev–Trinajstić information content (AvgIpc) is 3.24. The molecule has 0 bridgehead atoms. The summed E-state index contributed by atoms with van der Waals surface area (Å²) in [6.07, 6.45) is 0. The Balaban J connectivity index is 1.65. The van der Waals surface area contributed by atoms with Gasteiger partial charge in [0.05, 0.1) is 24.3 Å². The molecule has 23 heavy (non-hydrogen) atoms. The highest BCUT2D eigenvalue weighted by molar-refractivity contribution is 7.14. The first-order chi connectivity index (χ1) is 11.3. The second kappa shape index (κ2) is 6.88. The normalized spacial score (nSPS) is 10.3. The molecule has 2 N–H and O–H groups in total. The van der Waals surface area contributed by atoms with E-state index in [0.717, 1.165) is 16.4 Å². The molecule has 0 fully saturated rings. The summed E-state index contributed by atoms with van der Waals surface area (Å²) in [4.78, 5) is 11.8. The molecule has 0 aliphatic heterocycles. The number of methoxy groups -OCH3 is 1. The summed E-state index contributed by atoms with van der Waals surface area (Å²) in [5.41, 5.74) is 0.784. The molecule has 3 aromatic rings. The summed E-state index contributed by atoms with van der Waals surface area (Å²) in [5.74, 6) is 1.27. The molecule has 118 valence electrons. The SMILES string of the molecule is COc1ccc(-n2nnnc2CNC(=O)Nc2cccs2)cc1. The number of rotatable bonds is 5. The number of aromatic nitrogens is 4. The van der Waals surface area contributed by atoms with Crippen LogP contribution in [0.15, 0.2) is 41.8 Å². The van der Waals surface area contributed by atoms with Crippen molar-refractivity contribution < 1.29 is 9.53 Å². The summed E-state index contributed by atoms with van der Waals surface area (Å²) < 4.78 is 6.68. The number of carbonyl (C=O) groups excluding carboxylic acids is 1. The quantitative estimate of drug-likeness (QED) is 0.747. The molecule has 2 heterocycles. The minimum atomic E-state index is -0.309. The van der Waals surface area contributed by atoms with Gasteiger partial charge in [0.1, 0.15) is 5.75 Å². The molecule has 9 heteroatoms. The van der Waals surface area contributed by atoms with Crippen molar-refractivity contribution in [3.8, 4) is 11.4 Å². The van der Waals surface area contributed by atoms with Gasteiger partial charge in [-0.3, -0.25) is 5.32 Å². The molecule has 0 saturated carbocycles. The Kier molecular flexibility index (Phi) is 4.48. The molecular formula is C14H14N6O2S. The van der Waals surface area contributed by atoms with Gasteiger partial charge in [-0.1, -0.05) is 0 Å². The third-order valence-electron chi connectivity index (χ3n) is 3.02. The molecule has 1 aromatic carbocycles. The zero-order chi connectivity index (χ0) is 16.1. The van der Waals surface area contributed by atoms with Crippen molar-refractivity contribution >= 4 is 22.4 Å². The summed E-state index contributed by atoms with van der Waals surface area (Å²) in [6, 6.07) is 10.7. The standard InChI is InChI=1S/C14H14N6O2S/c1-22-11-6-4-10(5-7-11)20-12(17-18-19-20)9-15-14(21)16-13-3-2-8-23-13/h2-8H,9H2,1H3,(H2,15,16,21). The van der Waals surface area contributed by atoms with Crippen LogP contribution < -0.4 is 15.4 Å². The maximum atomic E-state index is 11.8. The number of thiophene rings is 1. The lowest BCUT2D eigenvalue weighted by atomic mass is 10.3. The van der Waals surface area contributed by atoms with E-state index in [1.54, 1.807) is 11.8 Å². The van der Waals surface area contributed by atoms with Crippen molar-refractivity contribution in [3.05, 3.63) is 47.6 Å². The molecule has 2 aromatic heterocycles. The highest BCUT2D eigenvalue weighted by atomic mass is 32.1. The third kappa shape index (κ3) is 3.64. The van der Waals surface area contributed by atoms with E-state index in [1.165, 1.54) is 11.3 Å². The smallest absolute Gasteiger partial charge is 0.320 e. The van der Waals surface area contributed by atoms with Gasteiger partial charge in [-0.25, -0.2) is 4.79 Å². The summed E-state index contributed by atoms with van der Waals surface area (Å²) >= 11 is 1.45. The van der Waals surface area contributed by atoms with E-state index in [4.69, 9.17) is 4.74 Å². The summed E-state index contributed by atoms with van der Waals surface area (Å²) in [5, 5.41) is 19.7. The van der Waals surface area contributed by atoms with Crippen LogP contribution in [0.5, 0.6) is 5.75 Å². The van der Waals surface area contributed by atoms with Crippen LogP contribution in [0.2, 0.25) is 0 Å². The lowest BCUT2D eigenvalue weighted by Crippen LogP contribution is -2.29. The highest BCUT2D eigenvalue weighted by Gasteiger charge is 2.10. The highest BCUT2D eigenvalue weighted by Crippen LogP contribution is 2.15. The lowest BCUT2D eigenvalue weighted by Gasteiger charge is -2.07. The van der Waals surface area contributed by atoms with Gasteiger partial charge in [-0.15, -0.1) is 16.4 Å². The van der Waals surface area contributed by atoms with Crippen LogP contribution in [-0.2, 0) is 6.54 Å². The Labute approximate surface area is 136 Å². The number of hydrogen-bond donors (Lipinski definition) is 2. The van der Waals surface area contributed by atoms with Crippen LogP contribution in [-0.4, -0.2) is 33.3 Å². The topological polar surface area (TPSA) is 94.0 Å². The van der Waals surface area contributed by atoms with E-state index < -0.39 is 0 Å². The largest absolute Gasteiger partial charge is 0.497 e. The lowest BCUT2D eigenvalue weighted by molar-refractivity contribution is 0.251. The van der Waals surface area contributed by atoms with Gasteiger partial charge in [0.2, 0.25) is 0 Å². The Morgan fingerprint density at radius 1 is 1.30 bits per heavy atom. The van der Waals surface area contributed by atoms with Crippen molar-refractivity contribution in [2.75, 3.05) is 12.4 Å². The molecule has 0 unspecified atom stereocenters. The van der Waals surface area contributed by atoms with Gasteiger partial charge in [0.25, 0.3) is 0 Å². The molecule has 0 spiro atoms. The van der Waals surface area contributed by atoms with Crippen molar-refractivity contribution in [3.63, 3.8) is 0 Å². The number of hydrogen-bond acceptors (Lipinski definition) is 6. The number of urea groups is 1. The fourth-order valence-corrected chi connectivity index (χ4v) is 2.52. The van der Waals surface area contributed by atoms with Crippen molar-refractivity contribution in [1.82, 2.24) is 25.5 Å². The number of amides is 2. The molecule has 2 amide bonds. The Bertz CT molecular complexity index is 769. The van der Waals surface area contributed by atoms with E-state index >= 15 is 0 Å². The zero-order valence-corrected chi connectivity index (χ0v) is 13.1. The van der Waals surface area contributed by atoms with Gasteiger partial charge < -0.3 is 10.1 Å². The molecular weight excluding hydrogens is 316 g/mol. The van der Waals surface area contributed by atoms with E-state index in [-0.39, 0.29) is 12.6 Å². The number of nitrogens with zero attached hydrogens (tertiary/aromatic N) is 4. The van der Waals surface area contributed by atoms with E-state index in [2.05, 4.69) is 26.2 Å². The van der Waals surface area contributed by atoms with Gasteiger partial charge >= 0.3 is 6.03 Å². The molecule has 0 radical (unpaired) electrons. The fourth-order valence-electron chi connectivity index (χ4n) is 1.91. The Morgan fingerprint density at radius 2 is 2.13 bits per heavy atom. The number of tetrazole rings is 1. The first-order valence-corrected chi connectivity index (χ1v) is 7.64. The minimum absolute atomic E-state index is 0.205. The molecule has 0 saturated heterocycles. The molecule has 0 aliphatic carbocycles. The predicted molar refractivity (Wildman–Crippen MR) is 85.9 cm³/mol. The average molecular weight is 330 g/mol. The number of anilines is 1. The van der Waals surface area contributed by atoms with E-state index in [0.29, 0.717) is 5.82 Å². The zero-order valence-electron chi connectivity index (χ0n) is 12.3. The van der Waals surface area contributed by atoms with Crippen LogP contribution in [0.3, 0.4) is 0 Å². The van der Waals surface area contributed by atoms with Crippen LogP contribution in [0.25, 0.3) is 5.69 Å². The monoisotopic (exact) mass is 330 g/mol. The summed E-state index contributed by atoms with van der Waals surface area (Å²) in [6.45, 7) is 0.205.